The first-order valence-electron chi connectivity index (χ1n) is 7.67. The summed E-state index contributed by atoms with van der Waals surface area (Å²) >= 11 is 0. The number of nitrogen functional groups attached to an aromatic ring is 2. The molecule has 0 aromatic heterocycles. The van der Waals surface area contributed by atoms with Crippen molar-refractivity contribution in [3.05, 3.63) is 53.6 Å². The standard InChI is InChI=1S/C18H23N3O/c1-21(8-9-22-18-6-4-15(19)5-7-18)17-11-13-2-3-16(20)10-14(13)12-17/h2-7,10,17H,8-9,11-12,19-20H2,1H3. The largest absolute Gasteiger partial charge is 0.492 e. The summed E-state index contributed by atoms with van der Waals surface area (Å²) in [5.41, 5.74) is 16.0. The van der Waals surface area contributed by atoms with Crippen molar-refractivity contribution in [1.29, 1.82) is 0 Å². The van der Waals surface area contributed by atoms with Crippen LogP contribution < -0.4 is 16.2 Å². The Kier molecular flexibility index (Phi) is 4.20. The number of nitrogens with zero attached hydrogens (tertiary/aromatic N) is 1. The van der Waals surface area contributed by atoms with Gasteiger partial charge in [-0.15, -0.1) is 0 Å². The molecule has 1 unspecified atom stereocenters. The van der Waals surface area contributed by atoms with Gasteiger partial charge in [-0.1, -0.05) is 6.07 Å². The molecule has 1 atom stereocenters. The van der Waals surface area contributed by atoms with E-state index in [9.17, 15) is 0 Å². The fourth-order valence-electron chi connectivity index (χ4n) is 2.98. The zero-order valence-corrected chi connectivity index (χ0v) is 13.0. The molecule has 4 N–H and O–H groups in total. The number of fused-ring (bicyclic) bond motifs is 1. The molecule has 4 heteroatoms. The zero-order chi connectivity index (χ0) is 15.5. The number of hydrogen-bond donors (Lipinski definition) is 2. The van der Waals surface area contributed by atoms with E-state index in [1.807, 2.05) is 30.3 Å². The Morgan fingerprint density at radius 3 is 2.45 bits per heavy atom. The summed E-state index contributed by atoms with van der Waals surface area (Å²) in [6.45, 7) is 1.58. The van der Waals surface area contributed by atoms with Crippen LogP contribution in [0.15, 0.2) is 42.5 Å². The van der Waals surface area contributed by atoms with Crippen LogP contribution in [-0.4, -0.2) is 31.1 Å². The SMILES string of the molecule is CN(CCOc1ccc(N)cc1)C1Cc2ccc(N)cc2C1. The van der Waals surface area contributed by atoms with Gasteiger partial charge in [0.1, 0.15) is 12.4 Å². The van der Waals surface area contributed by atoms with Crippen molar-refractivity contribution in [1.82, 2.24) is 4.90 Å². The Bertz CT molecular complexity index is 639. The number of benzene rings is 2. The fraction of sp³-hybridized carbons (Fsp3) is 0.333. The third-order valence-electron chi connectivity index (χ3n) is 4.36. The number of likely N-dealkylation sites (N-methyl/N-ethyl adjacent to an activating group) is 1. The molecular weight excluding hydrogens is 274 g/mol. The molecule has 4 nitrogen and oxygen atoms in total. The van der Waals surface area contributed by atoms with Gasteiger partial charge in [0, 0.05) is 24.0 Å². The molecule has 0 saturated carbocycles. The van der Waals surface area contributed by atoms with Crippen molar-refractivity contribution >= 4 is 11.4 Å². The van der Waals surface area contributed by atoms with Crippen LogP contribution in [0.1, 0.15) is 11.1 Å². The van der Waals surface area contributed by atoms with Crippen LogP contribution in [0.2, 0.25) is 0 Å². The van der Waals surface area contributed by atoms with Gasteiger partial charge < -0.3 is 16.2 Å². The lowest BCUT2D eigenvalue weighted by Crippen LogP contribution is -2.35. The molecule has 0 amide bonds. The van der Waals surface area contributed by atoms with Gasteiger partial charge in [0.15, 0.2) is 0 Å². The summed E-state index contributed by atoms with van der Waals surface area (Å²) in [4.78, 5) is 2.37. The smallest absolute Gasteiger partial charge is 0.119 e. The molecule has 22 heavy (non-hydrogen) atoms. The highest BCUT2D eigenvalue weighted by Crippen LogP contribution is 2.26. The Balaban J connectivity index is 1.49. The Hall–Kier alpha value is -2.20. The quantitative estimate of drug-likeness (QED) is 0.831. The number of anilines is 2. The summed E-state index contributed by atoms with van der Waals surface area (Å²) in [5.74, 6) is 0.866. The summed E-state index contributed by atoms with van der Waals surface area (Å²) in [6, 6.07) is 14.3. The normalized spacial score (nSPS) is 16.7. The minimum absolute atomic E-state index is 0.534. The minimum Gasteiger partial charge on any atom is -0.492 e. The van der Waals surface area contributed by atoms with Gasteiger partial charge in [-0.05, 0) is 67.4 Å². The number of nitrogens with two attached hydrogens (primary N) is 2. The molecule has 0 saturated heterocycles. The van der Waals surface area contributed by atoms with E-state index in [4.69, 9.17) is 16.2 Å². The van der Waals surface area contributed by atoms with E-state index >= 15 is 0 Å². The second kappa shape index (κ2) is 6.28. The topological polar surface area (TPSA) is 64.5 Å². The monoisotopic (exact) mass is 297 g/mol. The first-order valence-corrected chi connectivity index (χ1v) is 7.67. The maximum Gasteiger partial charge on any atom is 0.119 e. The van der Waals surface area contributed by atoms with E-state index < -0.39 is 0 Å². The number of rotatable bonds is 5. The Labute approximate surface area is 131 Å². The van der Waals surface area contributed by atoms with E-state index in [0.717, 1.165) is 36.5 Å². The average molecular weight is 297 g/mol. The van der Waals surface area contributed by atoms with Gasteiger partial charge in [-0.3, -0.25) is 4.90 Å². The molecule has 0 bridgehead atoms. The third kappa shape index (κ3) is 3.34. The van der Waals surface area contributed by atoms with Gasteiger partial charge in [-0.2, -0.15) is 0 Å². The molecule has 0 spiro atoms. The maximum atomic E-state index is 5.87. The molecular formula is C18H23N3O. The van der Waals surface area contributed by atoms with Crippen LogP contribution in [0, 0.1) is 0 Å². The highest BCUT2D eigenvalue weighted by Gasteiger charge is 2.24. The van der Waals surface area contributed by atoms with Crippen molar-refractivity contribution in [3.8, 4) is 5.75 Å². The highest BCUT2D eigenvalue weighted by atomic mass is 16.5. The van der Waals surface area contributed by atoms with E-state index in [1.54, 1.807) is 0 Å². The Morgan fingerprint density at radius 2 is 1.68 bits per heavy atom. The van der Waals surface area contributed by atoms with Gasteiger partial charge >= 0.3 is 0 Å². The van der Waals surface area contributed by atoms with Gasteiger partial charge in [0.05, 0.1) is 0 Å². The van der Waals surface area contributed by atoms with E-state index in [1.165, 1.54) is 11.1 Å². The summed E-state index contributed by atoms with van der Waals surface area (Å²) in [5, 5.41) is 0. The van der Waals surface area contributed by atoms with Crippen LogP contribution in [-0.2, 0) is 12.8 Å². The highest BCUT2D eigenvalue weighted by molar-refractivity contribution is 5.47. The average Bonchev–Trinajstić information content (AvgIpc) is 2.92. The van der Waals surface area contributed by atoms with E-state index in [-0.39, 0.29) is 0 Å². The molecule has 0 fully saturated rings. The molecule has 0 aliphatic heterocycles. The number of hydrogen-bond acceptors (Lipinski definition) is 4. The van der Waals surface area contributed by atoms with Crippen molar-refractivity contribution in [2.45, 2.75) is 18.9 Å². The van der Waals surface area contributed by atoms with Crippen molar-refractivity contribution in [3.63, 3.8) is 0 Å². The summed E-state index contributed by atoms with van der Waals surface area (Å²) < 4.78 is 5.77. The molecule has 3 rings (SSSR count). The van der Waals surface area contributed by atoms with Crippen LogP contribution in [0.4, 0.5) is 11.4 Å². The van der Waals surface area contributed by atoms with Crippen LogP contribution in [0.3, 0.4) is 0 Å². The predicted octanol–water partition coefficient (Wildman–Crippen LogP) is 2.33. The van der Waals surface area contributed by atoms with E-state index in [0.29, 0.717) is 12.6 Å². The summed E-state index contributed by atoms with van der Waals surface area (Å²) in [7, 11) is 2.16. The molecule has 1 aliphatic carbocycles. The first kappa shape index (κ1) is 14.7. The maximum absolute atomic E-state index is 5.87. The molecule has 0 heterocycles. The predicted molar refractivity (Wildman–Crippen MR) is 91.0 cm³/mol. The van der Waals surface area contributed by atoms with Gasteiger partial charge in [0.25, 0.3) is 0 Å². The lowest BCUT2D eigenvalue weighted by atomic mass is 10.1. The fourth-order valence-corrected chi connectivity index (χ4v) is 2.98. The van der Waals surface area contributed by atoms with Crippen molar-refractivity contribution in [2.24, 2.45) is 0 Å². The zero-order valence-electron chi connectivity index (χ0n) is 13.0. The molecule has 2 aromatic rings. The number of ether oxygens (including phenoxy) is 1. The molecule has 116 valence electrons. The summed E-state index contributed by atoms with van der Waals surface area (Å²) in [6.07, 6.45) is 2.16. The molecule has 1 aliphatic rings. The first-order chi connectivity index (χ1) is 10.6. The van der Waals surface area contributed by atoms with E-state index in [2.05, 4.69) is 24.1 Å². The molecule has 2 aromatic carbocycles. The second-order valence-corrected chi connectivity index (χ2v) is 5.99. The lowest BCUT2D eigenvalue weighted by Gasteiger charge is -2.24. The van der Waals surface area contributed by atoms with Crippen LogP contribution >= 0.6 is 0 Å². The Morgan fingerprint density at radius 1 is 1.00 bits per heavy atom. The van der Waals surface area contributed by atoms with Crippen molar-refractivity contribution in [2.75, 3.05) is 31.7 Å². The van der Waals surface area contributed by atoms with Crippen LogP contribution in [0.5, 0.6) is 5.75 Å². The second-order valence-electron chi connectivity index (χ2n) is 5.99. The minimum atomic E-state index is 0.534. The van der Waals surface area contributed by atoms with Crippen LogP contribution in [0.25, 0.3) is 0 Å². The van der Waals surface area contributed by atoms with Gasteiger partial charge in [0.2, 0.25) is 0 Å². The van der Waals surface area contributed by atoms with Crippen molar-refractivity contribution < 1.29 is 4.74 Å². The molecule has 0 radical (unpaired) electrons. The third-order valence-corrected chi connectivity index (χ3v) is 4.36. The van der Waals surface area contributed by atoms with Gasteiger partial charge in [-0.25, -0.2) is 0 Å². The lowest BCUT2D eigenvalue weighted by molar-refractivity contribution is 0.195.